The second-order valence-electron chi connectivity index (χ2n) is 4.44. The van der Waals surface area contributed by atoms with E-state index in [2.05, 4.69) is 15.5 Å². The first-order chi connectivity index (χ1) is 8.97. The molecule has 0 aliphatic carbocycles. The molecule has 0 unspecified atom stereocenters. The second-order valence-corrected chi connectivity index (χ2v) is 4.44. The minimum absolute atomic E-state index is 0.174. The number of hydrogen-bond acceptors (Lipinski definition) is 4. The van der Waals surface area contributed by atoms with Crippen molar-refractivity contribution in [2.45, 2.75) is 20.8 Å². The van der Waals surface area contributed by atoms with E-state index in [1.807, 2.05) is 6.92 Å². The molecule has 0 bridgehead atoms. The van der Waals surface area contributed by atoms with Crippen molar-refractivity contribution >= 4 is 11.6 Å². The summed E-state index contributed by atoms with van der Waals surface area (Å²) in [6.45, 7) is 5.35. The van der Waals surface area contributed by atoms with Crippen LogP contribution >= 0.6 is 0 Å². The molecule has 19 heavy (non-hydrogen) atoms. The van der Waals surface area contributed by atoms with Gasteiger partial charge in [0.15, 0.2) is 0 Å². The molecule has 1 amide bonds. The Hall–Kier alpha value is -2.43. The van der Waals surface area contributed by atoms with Gasteiger partial charge in [0, 0.05) is 5.69 Å². The first-order valence-electron chi connectivity index (χ1n) is 5.89. The first-order valence-corrected chi connectivity index (χ1v) is 5.89. The predicted molar refractivity (Wildman–Crippen MR) is 72.3 cm³/mol. The summed E-state index contributed by atoms with van der Waals surface area (Å²) < 4.78 is 0. The molecule has 0 spiro atoms. The van der Waals surface area contributed by atoms with Crippen molar-refractivity contribution in [2.75, 3.05) is 5.32 Å². The lowest BCUT2D eigenvalue weighted by atomic mass is 10.1. The molecule has 2 N–H and O–H groups in total. The van der Waals surface area contributed by atoms with Crippen molar-refractivity contribution in [3.63, 3.8) is 0 Å². The van der Waals surface area contributed by atoms with Gasteiger partial charge < -0.3 is 10.4 Å². The Morgan fingerprint density at radius 3 is 2.58 bits per heavy atom. The normalized spacial score (nSPS) is 10.3. The van der Waals surface area contributed by atoms with Crippen LogP contribution in [-0.2, 0) is 0 Å². The average molecular weight is 257 g/mol. The van der Waals surface area contributed by atoms with Gasteiger partial charge in [-0.1, -0.05) is 0 Å². The van der Waals surface area contributed by atoms with Gasteiger partial charge in [-0.05, 0) is 50.6 Å². The zero-order valence-electron chi connectivity index (χ0n) is 11.1. The monoisotopic (exact) mass is 257 g/mol. The molecule has 5 heteroatoms. The molecule has 2 rings (SSSR count). The molecule has 98 valence electrons. The summed E-state index contributed by atoms with van der Waals surface area (Å²) in [5, 5.41) is 20.0. The quantitative estimate of drug-likeness (QED) is 0.810. The van der Waals surface area contributed by atoms with E-state index in [1.165, 1.54) is 6.07 Å². The summed E-state index contributed by atoms with van der Waals surface area (Å²) in [6.07, 6.45) is 0. The molecule has 0 aliphatic rings. The van der Waals surface area contributed by atoms with Gasteiger partial charge >= 0.3 is 0 Å². The second kappa shape index (κ2) is 5.06. The summed E-state index contributed by atoms with van der Waals surface area (Å²) in [7, 11) is 0. The summed E-state index contributed by atoms with van der Waals surface area (Å²) in [4.78, 5) is 12.2. The van der Waals surface area contributed by atoms with Crippen molar-refractivity contribution < 1.29 is 9.90 Å². The van der Waals surface area contributed by atoms with E-state index >= 15 is 0 Å². The number of aryl methyl sites for hydroxylation is 3. The van der Waals surface area contributed by atoms with E-state index in [9.17, 15) is 9.90 Å². The Morgan fingerprint density at radius 1 is 1.16 bits per heavy atom. The van der Waals surface area contributed by atoms with Crippen LogP contribution in [0.25, 0.3) is 0 Å². The highest BCUT2D eigenvalue weighted by atomic mass is 16.3. The van der Waals surface area contributed by atoms with Gasteiger partial charge in [0.05, 0.1) is 17.0 Å². The fourth-order valence-electron chi connectivity index (χ4n) is 1.76. The fourth-order valence-corrected chi connectivity index (χ4v) is 1.76. The van der Waals surface area contributed by atoms with E-state index in [1.54, 1.807) is 32.0 Å². The highest BCUT2D eigenvalue weighted by Crippen LogP contribution is 2.21. The number of carbonyl (C=O) groups excluding carboxylic acids is 1. The molecule has 5 nitrogen and oxygen atoms in total. The van der Waals surface area contributed by atoms with Crippen LogP contribution in [0.1, 0.15) is 27.3 Å². The van der Waals surface area contributed by atoms with Crippen LogP contribution in [0.5, 0.6) is 5.75 Å². The Kier molecular flexibility index (Phi) is 3.46. The number of anilines is 1. The van der Waals surface area contributed by atoms with Gasteiger partial charge in [-0.25, -0.2) is 0 Å². The SMILES string of the molecule is Cc1cc(C(=O)Nc2ccc(O)cc2C)c(C)nn1. The molecule has 0 saturated carbocycles. The largest absolute Gasteiger partial charge is 0.508 e. The maximum atomic E-state index is 12.2. The number of amides is 1. The Morgan fingerprint density at radius 2 is 1.89 bits per heavy atom. The molecule has 0 atom stereocenters. The van der Waals surface area contributed by atoms with E-state index in [4.69, 9.17) is 0 Å². The molecule has 1 aromatic heterocycles. The number of aromatic nitrogens is 2. The third kappa shape index (κ3) is 2.88. The first kappa shape index (κ1) is 13.0. The fraction of sp³-hybridized carbons (Fsp3) is 0.214. The number of benzene rings is 1. The molecule has 0 saturated heterocycles. The van der Waals surface area contributed by atoms with Gasteiger partial charge in [-0.2, -0.15) is 10.2 Å². The summed E-state index contributed by atoms with van der Waals surface area (Å²) in [5.41, 5.74) is 3.24. The molecule has 0 fully saturated rings. The van der Waals surface area contributed by atoms with Crippen LogP contribution in [0.3, 0.4) is 0 Å². The number of nitrogens with one attached hydrogen (secondary N) is 1. The van der Waals surface area contributed by atoms with Crippen molar-refractivity contribution in [1.29, 1.82) is 0 Å². The van der Waals surface area contributed by atoms with Crippen LogP contribution in [0.15, 0.2) is 24.3 Å². The summed E-state index contributed by atoms with van der Waals surface area (Å²) >= 11 is 0. The molecule has 1 heterocycles. The number of nitrogens with zero attached hydrogens (tertiary/aromatic N) is 2. The highest BCUT2D eigenvalue weighted by molar-refractivity contribution is 6.05. The van der Waals surface area contributed by atoms with E-state index in [0.29, 0.717) is 22.6 Å². The zero-order valence-corrected chi connectivity index (χ0v) is 11.1. The molecular weight excluding hydrogens is 242 g/mol. The number of carbonyl (C=O) groups is 1. The minimum Gasteiger partial charge on any atom is -0.508 e. The molecule has 0 aliphatic heterocycles. The topological polar surface area (TPSA) is 75.1 Å². The predicted octanol–water partition coefficient (Wildman–Crippen LogP) is 2.36. The van der Waals surface area contributed by atoms with E-state index in [0.717, 1.165) is 5.56 Å². The van der Waals surface area contributed by atoms with Crippen LogP contribution in [-0.4, -0.2) is 21.2 Å². The van der Waals surface area contributed by atoms with Crippen molar-refractivity contribution in [3.05, 3.63) is 46.8 Å². The minimum atomic E-state index is -0.232. The van der Waals surface area contributed by atoms with Crippen molar-refractivity contribution in [1.82, 2.24) is 10.2 Å². The molecule has 0 radical (unpaired) electrons. The number of phenols is 1. The van der Waals surface area contributed by atoms with Gasteiger partial charge in [-0.15, -0.1) is 0 Å². The molecule has 1 aromatic carbocycles. The van der Waals surface area contributed by atoms with Crippen LogP contribution in [0, 0.1) is 20.8 Å². The summed E-state index contributed by atoms with van der Waals surface area (Å²) in [5.74, 6) is -0.0580. The molecule has 2 aromatic rings. The van der Waals surface area contributed by atoms with Crippen LogP contribution in [0.4, 0.5) is 5.69 Å². The Bertz CT molecular complexity index is 639. The van der Waals surface area contributed by atoms with Crippen LogP contribution in [0.2, 0.25) is 0 Å². The lowest BCUT2D eigenvalue weighted by Gasteiger charge is -2.10. The van der Waals surface area contributed by atoms with Gasteiger partial charge in [0.2, 0.25) is 0 Å². The molecular formula is C14H15N3O2. The average Bonchev–Trinajstić information content (AvgIpc) is 2.35. The lowest BCUT2D eigenvalue weighted by molar-refractivity contribution is 0.102. The summed E-state index contributed by atoms with van der Waals surface area (Å²) in [6, 6.07) is 6.50. The number of rotatable bonds is 2. The number of phenolic OH excluding ortho intramolecular Hbond substituents is 1. The third-order valence-corrected chi connectivity index (χ3v) is 2.80. The highest BCUT2D eigenvalue weighted by Gasteiger charge is 2.12. The number of aromatic hydroxyl groups is 1. The third-order valence-electron chi connectivity index (χ3n) is 2.80. The zero-order chi connectivity index (χ0) is 14.0. The smallest absolute Gasteiger partial charge is 0.257 e. The van der Waals surface area contributed by atoms with Gasteiger partial charge in [0.1, 0.15) is 5.75 Å². The van der Waals surface area contributed by atoms with Gasteiger partial charge in [0.25, 0.3) is 5.91 Å². The maximum Gasteiger partial charge on any atom is 0.257 e. The van der Waals surface area contributed by atoms with Crippen molar-refractivity contribution in [2.24, 2.45) is 0 Å². The van der Waals surface area contributed by atoms with E-state index in [-0.39, 0.29) is 11.7 Å². The van der Waals surface area contributed by atoms with Crippen molar-refractivity contribution in [3.8, 4) is 5.75 Å². The lowest BCUT2D eigenvalue weighted by Crippen LogP contribution is -2.15. The number of hydrogen-bond donors (Lipinski definition) is 2. The maximum absolute atomic E-state index is 12.2. The Balaban J connectivity index is 2.28. The van der Waals surface area contributed by atoms with Crippen LogP contribution < -0.4 is 5.32 Å². The Labute approximate surface area is 111 Å². The van der Waals surface area contributed by atoms with E-state index < -0.39 is 0 Å². The standard InChI is InChI=1S/C14H15N3O2/c1-8-6-11(18)4-5-13(8)15-14(19)12-7-9(2)16-17-10(12)3/h4-7,18H,1-3H3,(H,15,19). The van der Waals surface area contributed by atoms with Gasteiger partial charge in [-0.3, -0.25) is 4.79 Å².